The maximum atomic E-state index is 9.03. The van der Waals surface area contributed by atoms with Crippen molar-refractivity contribution in [2.75, 3.05) is 40.0 Å². The molecule has 5 N–H and O–H groups in total. The van der Waals surface area contributed by atoms with Crippen LogP contribution in [0, 0.1) is 5.41 Å². The molecule has 0 aromatic carbocycles. The number of pyridine rings is 1. The summed E-state index contributed by atoms with van der Waals surface area (Å²) in [6.45, 7) is 4.68. The predicted octanol–water partition coefficient (Wildman–Crippen LogP) is 1.26. The molecular formula is C23H33N6O3+. The number of nitrogens with two attached hydrogens (primary N) is 1. The van der Waals surface area contributed by atoms with E-state index in [4.69, 9.17) is 30.7 Å². The Morgan fingerprint density at radius 3 is 2.81 bits per heavy atom. The second-order valence-corrected chi connectivity index (χ2v) is 7.79. The van der Waals surface area contributed by atoms with Crippen LogP contribution in [0.2, 0.25) is 0 Å². The standard InChI is InChI=1S/C23H32N6O3/c1-3-4-6-9-28(2)11-13-32-23-22(20-8-5-7-10-29(20)27-23)26-19-16-21(31-14-12-30)18(25)15-17(19)24/h5,7-8,10,15-16,24,30H,3-4,6,9,11-14,25H2,1-2H3/p+1. The first-order chi connectivity index (χ1) is 15.5. The lowest BCUT2D eigenvalue weighted by Crippen LogP contribution is -3.09. The fraction of sp³-hybridized carbons (Fsp3) is 0.435. The normalized spacial score (nSPS) is 16.2. The van der Waals surface area contributed by atoms with Gasteiger partial charge >= 0.3 is 0 Å². The summed E-state index contributed by atoms with van der Waals surface area (Å²) in [6.07, 6.45) is 8.60. The molecule has 0 radical (unpaired) electrons. The van der Waals surface area contributed by atoms with E-state index in [1.165, 1.54) is 30.2 Å². The van der Waals surface area contributed by atoms with Crippen LogP contribution >= 0.6 is 0 Å². The molecule has 1 aliphatic rings. The first kappa shape index (κ1) is 23.5. The van der Waals surface area contributed by atoms with Gasteiger partial charge in [-0.25, -0.2) is 9.51 Å². The number of allylic oxidation sites excluding steroid dienone is 2. The number of likely N-dealkylation sites (N-methyl/N-ethyl adjacent to an activating group) is 1. The van der Waals surface area contributed by atoms with Gasteiger partial charge < -0.3 is 25.2 Å². The second kappa shape index (κ2) is 11.4. The number of rotatable bonds is 12. The highest BCUT2D eigenvalue weighted by atomic mass is 16.5. The van der Waals surface area contributed by atoms with Gasteiger partial charge in [0.2, 0.25) is 0 Å². The minimum absolute atomic E-state index is 0.111. The fourth-order valence-corrected chi connectivity index (χ4v) is 3.37. The molecule has 32 heavy (non-hydrogen) atoms. The first-order valence-electron chi connectivity index (χ1n) is 11.1. The summed E-state index contributed by atoms with van der Waals surface area (Å²) < 4.78 is 13.2. The number of nitrogens with one attached hydrogen (secondary N) is 2. The van der Waals surface area contributed by atoms with Crippen LogP contribution in [0.5, 0.6) is 5.88 Å². The summed E-state index contributed by atoms with van der Waals surface area (Å²) in [4.78, 5) is 6.11. The van der Waals surface area contributed by atoms with Gasteiger partial charge in [-0.1, -0.05) is 19.4 Å². The third kappa shape index (κ3) is 5.95. The monoisotopic (exact) mass is 441 g/mol. The number of ether oxygens (including phenoxy) is 2. The average Bonchev–Trinajstić information content (AvgIpc) is 3.12. The number of fused-ring (bicyclic) bond motifs is 1. The number of unbranched alkanes of at least 4 members (excludes halogenated alkanes) is 2. The molecule has 0 spiro atoms. The van der Waals surface area contributed by atoms with Crippen LogP contribution in [-0.2, 0) is 4.74 Å². The molecule has 9 heteroatoms. The first-order valence-corrected chi connectivity index (χ1v) is 11.1. The van der Waals surface area contributed by atoms with Gasteiger partial charge in [0.05, 0.1) is 42.8 Å². The Bertz CT molecular complexity index is 1020. The molecule has 172 valence electrons. The van der Waals surface area contributed by atoms with Gasteiger partial charge in [-0.05, 0) is 31.1 Å². The van der Waals surface area contributed by atoms with E-state index in [1.54, 1.807) is 10.6 Å². The maximum Gasteiger partial charge on any atom is 0.260 e. The molecule has 0 bridgehead atoms. The Balaban J connectivity index is 1.82. The summed E-state index contributed by atoms with van der Waals surface area (Å²) in [5, 5.41) is 21.9. The van der Waals surface area contributed by atoms with Crippen molar-refractivity contribution < 1.29 is 19.5 Å². The smallest absolute Gasteiger partial charge is 0.260 e. The van der Waals surface area contributed by atoms with E-state index in [9.17, 15) is 0 Å². The number of nitrogens with zero attached hydrogens (tertiary/aromatic N) is 3. The Morgan fingerprint density at radius 1 is 1.19 bits per heavy atom. The van der Waals surface area contributed by atoms with Crippen molar-refractivity contribution in [2.45, 2.75) is 26.2 Å². The van der Waals surface area contributed by atoms with Crippen molar-refractivity contribution in [3.05, 3.63) is 48.0 Å². The van der Waals surface area contributed by atoms with Crippen molar-refractivity contribution in [3.8, 4) is 5.88 Å². The quantitative estimate of drug-likeness (QED) is 0.292. The minimum Gasteiger partial charge on any atom is -0.489 e. The van der Waals surface area contributed by atoms with Gasteiger partial charge in [0, 0.05) is 12.3 Å². The van der Waals surface area contributed by atoms with E-state index in [-0.39, 0.29) is 18.9 Å². The van der Waals surface area contributed by atoms with E-state index in [2.05, 4.69) is 19.1 Å². The number of hydrogen-bond donors (Lipinski definition) is 4. The SMILES string of the molecule is CCCCC[NH+](C)CCOc1nn2ccccc2c1N=C1C=C(OCCO)C(N)=CC1=N. The average molecular weight is 442 g/mol. The van der Waals surface area contributed by atoms with E-state index in [1.807, 2.05) is 24.4 Å². The van der Waals surface area contributed by atoms with Crippen LogP contribution in [0.3, 0.4) is 0 Å². The third-order valence-electron chi connectivity index (χ3n) is 5.17. The molecular weight excluding hydrogens is 408 g/mol. The molecule has 0 saturated heterocycles. The van der Waals surface area contributed by atoms with Crippen LogP contribution in [-0.4, -0.2) is 66.1 Å². The molecule has 0 amide bonds. The molecule has 3 rings (SSSR count). The summed E-state index contributed by atoms with van der Waals surface area (Å²) in [6, 6.07) is 5.70. The molecule has 2 aromatic rings. The van der Waals surface area contributed by atoms with Gasteiger partial charge in [0.15, 0.2) is 5.69 Å². The highest BCUT2D eigenvalue weighted by molar-refractivity contribution is 6.50. The van der Waals surface area contributed by atoms with Gasteiger partial charge in [-0.2, -0.15) is 0 Å². The lowest BCUT2D eigenvalue weighted by molar-refractivity contribution is -0.879. The predicted molar refractivity (Wildman–Crippen MR) is 125 cm³/mol. The topological polar surface area (TPSA) is 123 Å². The molecule has 0 saturated carbocycles. The second-order valence-electron chi connectivity index (χ2n) is 7.79. The summed E-state index contributed by atoms with van der Waals surface area (Å²) >= 11 is 0. The molecule has 0 fully saturated rings. The van der Waals surface area contributed by atoms with Gasteiger partial charge in [-0.15, -0.1) is 5.10 Å². The number of hydrogen-bond acceptors (Lipinski definition) is 7. The molecule has 2 aromatic heterocycles. The molecule has 0 aliphatic heterocycles. The molecule has 1 unspecified atom stereocenters. The zero-order valence-electron chi connectivity index (χ0n) is 18.8. The van der Waals surface area contributed by atoms with Crippen molar-refractivity contribution in [1.82, 2.24) is 9.61 Å². The highest BCUT2D eigenvalue weighted by Crippen LogP contribution is 2.32. The Labute approximate surface area is 188 Å². The van der Waals surface area contributed by atoms with E-state index >= 15 is 0 Å². The van der Waals surface area contributed by atoms with E-state index < -0.39 is 0 Å². The highest BCUT2D eigenvalue weighted by Gasteiger charge is 2.19. The number of quaternary nitrogens is 1. The van der Waals surface area contributed by atoms with Crippen LogP contribution in [0.15, 0.2) is 53.0 Å². The van der Waals surface area contributed by atoms with E-state index in [0.717, 1.165) is 18.6 Å². The lowest BCUT2D eigenvalue weighted by Gasteiger charge is -2.15. The molecule has 1 atom stereocenters. The minimum atomic E-state index is -0.130. The molecule has 2 heterocycles. The summed E-state index contributed by atoms with van der Waals surface area (Å²) in [5.41, 5.74) is 8.17. The van der Waals surface area contributed by atoms with Crippen molar-refractivity contribution in [1.29, 1.82) is 5.41 Å². The fourth-order valence-electron chi connectivity index (χ4n) is 3.37. The van der Waals surface area contributed by atoms with Crippen LogP contribution in [0.1, 0.15) is 26.2 Å². The zero-order chi connectivity index (χ0) is 22.9. The zero-order valence-corrected chi connectivity index (χ0v) is 18.8. The van der Waals surface area contributed by atoms with Crippen LogP contribution < -0.4 is 15.4 Å². The third-order valence-corrected chi connectivity index (χ3v) is 5.17. The number of aliphatic imine (C=N–C) groups is 1. The number of aliphatic hydroxyl groups is 1. The van der Waals surface area contributed by atoms with E-state index in [0.29, 0.717) is 35.3 Å². The Kier molecular flexibility index (Phi) is 8.41. The number of aromatic nitrogens is 2. The Hall–Kier alpha value is -3.17. The van der Waals surface area contributed by atoms with Crippen molar-refractivity contribution in [2.24, 2.45) is 10.7 Å². The van der Waals surface area contributed by atoms with Crippen LogP contribution in [0.25, 0.3) is 5.52 Å². The van der Waals surface area contributed by atoms with Crippen molar-refractivity contribution >= 4 is 22.6 Å². The van der Waals surface area contributed by atoms with Crippen molar-refractivity contribution in [3.63, 3.8) is 0 Å². The largest absolute Gasteiger partial charge is 0.489 e. The van der Waals surface area contributed by atoms with Crippen LogP contribution in [0.4, 0.5) is 5.69 Å². The van der Waals surface area contributed by atoms with Gasteiger partial charge in [0.1, 0.15) is 25.5 Å². The maximum absolute atomic E-state index is 9.03. The van der Waals surface area contributed by atoms with Gasteiger partial charge in [0.25, 0.3) is 5.88 Å². The summed E-state index contributed by atoms with van der Waals surface area (Å²) in [5.74, 6) is 0.802. The molecule has 1 aliphatic carbocycles. The lowest BCUT2D eigenvalue weighted by atomic mass is 10.1. The summed E-state index contributed by atoms with van der Waals surface area (Å²) in [7, 11) is 2.17. The van der Waals surface area contributed by atoms with Gasteiger partial charge in [-0.3, -0.25) is 5.41 Å². The molecule has 9 nitrogen and oxygen atoms in total. The number of aliphatic hydroxyl groups excluding tert-OH is 1. The Morgan fingerprint density at radius 2 is 2.03 bits per heavy atom.